The number of anilines is 1. The van der Waals surface area contributed by atoms with Gasteiger partial charge in [-0.2, -0.15) is 0 Å². The SMILES string of the molecule is NC(CNc1ncccc1Br)C1CC1. The highest BCUT2D eigenvalue weighted by molar-refractivity contribution is 9.10. The van der Waals surface area contributed by atoms with Crippen LogP contribution in [0.5, 0.6) is 0 Å². The summed E-state index contributed by atoms with van der Waals surface area (Å²) in [5.74, 6) is 1.61. The van der Waals surface area contributed by atoms with Crippen molar-refractivity contribution < 1.29 is 0 Å². The van der Waals surface area contributed by atoms with Crippen LogP contribution in [0.2, 0.25) is 0 Å². The highest BCUT2D eigenvalue weighted by Crippen LogP contribution is 2.31. The maximum Gasteiger partial charge on any atom is 0.140 e. The molecular weight excluding hydrogens is 242 g/mol. The molecule has 0 bridgehead atoms. The van der Waals surface area contributed by atoms with Crippen molar-refractivity contribution in [1.29, 1.82) is 0 Å². The molecule has 1 aromatic rings. The minimum absolute atomic E-state index is 0.268. The van der Waals surface area contributed by atoms with E-state index in [1.807, 2.05) is 12.1 Å². The molecule has 0 aliphatic heterocycles. The zero-order valence-corrected chi connectivity index (χ0v) is 9.50. The van der Waals surface area contributed by atoms with E-state index in [1.54, 1.807) is 6.20 Å². The predicted octanol–water partition coefficient (Wildman–Crippen LogP) is 1.99. The molecule has 1 aliphatic carbocycles. The van der Waals surface area contributed by atoms with Crippen LogP contribution in [-0.4, -0.2) is 17.6 Å². The fraction of sp³-hybridized carbons (Fsp3) is 0.500. The van der Waals surface area contributed by atoms with E-state index < -0.39 is 0 Å². The molecule has 0 aromatic carbocycles. The molecule has 3 nitrogen and oxygen atoms in total. The van der Waals surface area contributed by atoms with Gasteiger partial charge in [0.2, 0.25) is 0 Å². The Labute approximate surface area is 92.2 Å². The van der Waals surface area contributed by atoms with Crippen molar-refractivity contribution in [1.82, 2.24) is 4.98 Å². The first-order chi connectivity index (χ1) is 6.77. The number of hydrogen-bond donors (Lipinski definition) is 2. The monoisotopic (exact) mass is 255 g/mol. The summed E-state index contributed by atoms with van der Waals surface area (Å²) in [6.07, 6.45) is 4.34. The van der Waals surface area contributed by atoms with E-state index in [4.69, 9.17) is 5.73 Å². The van der Waals surface area contributed by atoms with Crippen LogP contribution >= 0.6 is 15.9 Å². The molecule has 14 heavy (non-hydrogen) atoms. The predicted molar refractivity (Wildman–Crippen MR) is 61.1 cm³/mol. The van der Waals surface area contributed by atoms with Gasteiger partial charge in [-0.1, -0.05) is 0 Å². The van der Waals surface area contributed by atoms with E-state index >= 15 is 0 Å². The molecule has 1 heterocycles. The molecule has 1 unspecified atom stereocenters. The highest BCUT2D eigenvalue weighted by Gasteiger charge is 2.28. The van der Waals surface area contributed by atoms with Gasteiger partial charge in [-0.15, -0.1) is 0 Å². The van der Waals surface area contributed by atoms with Crippen LogP contribution in [0.25, 0.3) is 0 Å². The molecule has 0 amide bonds. The number of nitrogens with one attached hydrogen (secondary N) is 1. The molecule has 0 radical (unpaired) electrons. The van der Waals surface area contributed by atoms with Gasteiger partial charge in [-0.05, 0) is 46.8 Å². The summed E-state index contributed by atoms with van der Waals surface area (Å²) in [4.78, 5) is 4.22. The second-order valence-corrected chi connectivity index (χ2v) is 4.57. The lowest BCUT2D eigenvalue weighted by atomic mass is 10.2. The Hall–Kier alpha value is -0.610. The molecule has 0 spiro atoms. The topological polar surface area (TPSA) is 50.9 Å². The van der Waals surface area contributed by atoms with Crippen molar-refractivity contribution in [3.63, 3.8) is 0 Å². The number of halogens is 1. The normalized spacial score (nSPS) is 17.9. The van der Waals surface area contributed by atoms with E-state index in [-0.39, 0.29) is 6.04 Å². The maximum absolute atomic E-state index is 5.97. The van der Waals surface area contributed by atoms with Gasteiger partial charge >= 0.3 is 0 Å². The molecule has 2 rings (SSSR count). The third-order valence-electron chi connectivity index (χ3n) is 2.49. The lowest BCUT2D eigenvalue weighted by molar-refractivity contribution is 0.620. The van der Waals surface area contributed by atoms with Crippen molar-refractivity contribution in [2.75, 3.05) is 11.9 Å². The molecule has 3 N–H and O–H groups in total. The van der Waals surface area contributed by atoms with Crippen LogP contribution in [0.15, 0.2) is 22.8 Å². The smallest absolute Gasteiger partial charge is 0.140 e. The van der Waals surface area contributed by atoms with Crippen LogP contribution in [0, 0.1) is 5.92 Å². The minimum Gasteiger partial charge on any atom is -0.368 e. The van der Waals surface area contributed by atoms with Gasteiger partial charge in [0.25, 0.3) is 0 Å². The Morgan fingerprint density at radius 1 is 1.64 bits per heavy atom. The molecule has 4 heteroatoms. The van der Waals surface area contributed by atoms with Crippen LogP contribution in [0.3, 0.4) is 0 Å². The van der Waals surface area contributed by atoms with Gasteiger partial charge in [0.05, 0.1) is 4.47 Å². The number of nitrogens with two attached hydrogens (primary N) is 1. The molecule has 1 fully saturated rings. The average Bonchev–Trinajstić information content (AvgIpc) is 2.99. The number of hydrogen-bond acceptors (Lipinski definition) is 3. The fourth-order valence-corrected chi connectivity index (χ4v) is 1.82. The first-order valence-electron chi connectivity index (χ1n) is 4.87. The van der Waals surface area contributed by atoms with E-state index in [0.29, 0.717) is 0 Å². The Bertz CT molecular complexity index is 312. The van der Waals surface area contributed by atoms with E-state index in [2.05, 4.69) is 26.2 Å². The molecule has 1 atom stereocenters. The van der Waals surface area contributed by atoms with Crippen molar-refractivity contribution in [2.24, 2.45) is 11.7 Å². The zero-order valence-electron chi connectivity index (χ0n) is 7.91. The van der Waals surface area contributed by atoms with Gasteiger partial charge in [0, 0.05) is 18.8 Å². The van der Waals surface area contributed by atoms with Crippen LogP contribution in [0.1, 0.15) is 12.8 Å². The van der Waals surface area contributed by atoms with Gasteiger partial charge < -0.3 is 11.1 Å². The zero-order chi connectivity index (χ0) is 9.97. The summed E-state index contributed by atoms with van der Waals surface area (Å²) >= 11 is 3.43. The number of rotatable bonds is 4. The first kappa shape index (κ1) is 9.93. The van der Waals surface area contributed by atoms with E-state index in [9.17, 15) is 0 Å². The number of aromatic nitrogens is 1. The fourth-order valence-electron chi connectivity index (χ4n) is 1.42. The Morgan fingerprint density at radius 2 is 2.43 bits per heavy atom. The Balaban J connectivity index is 1.87. The quantitative estimate of drug-likeness (QED) is 0.866. The van der Waals surface area contributed by atoms with Crippen molar-refractivity contribution in [3.8, 4) is 0 Å². The molecular formula is C10H14BrN3. The lowest BCUT2D eigenvalue weighted by Crippen LogP contribution is -2.31. The lowest BCUT2D eigenvalue weighted by Gasteiger charge is -2.12. The van der Waals surface area contributed by atoms with Gasteiger partial charge in [0.1, 0.15) is 5.82 Å². The van der Waals surface area contributed by atoms with Crippen LogP contribution in [-0.2, 0) is 0 Å². The second kappa shape index (κ2) is 4.28. The largest absolute Gasteiger partial charge is 0.368 e. The molecule has 0 saturated heterocycles. The summed E-state index contributed by atoms with van der Waals surface area (Å²) < 4.78 is 0.989. The standard InChI is InChI=1S/C10H14BrN3/c11-8-2-1-5-13-10(8)14-6-9(12)7-3-4-7/h1-2,5,7,9H,3-4,6,12H2,(H,13,14). The van der Waals surface area contributed by atoms with Gasteiger partial charge in [0.15, 0.2) is 0 Å². The van der Waals surface area contributed by atoms with E-state index in [0.717, 1.165) is 22.8 Å². The van der Waals surface area contributed by atoms with Gasteiger partial charge in [-0.25, -0.2) is 4.98 Å². The minimum atomic E-state index is 0.268. The summed E-state index contributed by atoms with van der Waals surface area (Å²) in [5.41, 5.74) is 5.97. The molecule has 76 valence electrons. The second-order valence-electron chi connectivity index (χ2n) is 3.72. The number of nitrogens with zero attached hydrogens (tertiary/aromatic N) is 1. The summed E-state index contributed by atoms with van der Waals surface area (Å²) in [5, 5.41) is 3.25. The molecule has 1 aliphatic rings. The first-order valence-corrected chi connectivity index (χ1v) is 5.66. The Morgan fingerprint density at radius 3 is 3.07 bits per heavy atom. The molecule has 1 aromatic heterocycles. The van der Waals surface area contributed by atoms with E-state index in [1.165, 1.54) is 12.8 Å². The van der Waals surface area contributed by atoms with Crippen molar-refractivity contribution in [3.05, 3.63) is 22.8 Å². The van der Waals surface area contributed by atoms with Crippen LogP contribution in [0.4, 0.5) is 5.82 Å². The van der Waals surface area contributed by atoms with Crippen molar-refractivity contribution >= 4 is 21.7 Å². The summed E-state index contributed by atoms with van der Waals surface area (Å²) in [6, 6.07) is 4.14. The molecule has 1 saturated carbocycles. The summed E-state index contributed by atoms with van der Waals surface area (Å²) in [7, 11) is 0. The summed E-state index contributed by atoms with van der Waals surface area (Å²) in [6.45, 7) is 0.806. The third kappa shape index (κ3) is 2.45. The highest BCUT2D eigenvalue weighted by atomic mass is 79.9. The van der Waals surface area contributed by atoms with Crippen LogP contribution < -0.4 is 11.1 Å². The average molecular weight is 256 g/mol. The van der Waals surface area contributed by atoms with Gasteiger partial charge in [-0.3, -0.25) is 0 Å². The number of pyridine rings is 1. The van der Waals surface area contributed by atoms with Crippen molar-refractivity contribution in [2.45, 2.75) is 18.9 Å². The Kier molecular flexibility index (Phi) is 3.03. The maximum atomic E-state index is 5.97. The third-order valence-corrected chi connectivity index (χ3v) is 3.13.